The first-order valence-corrected chi connectivity index (χ1v) is 8.23. The molecule has 2 rings (SSSR count). The number of hydrogen-bond donors (Lipinski definition) is 2. The molecule has 1 heterocycles. The third-order valence-corrected chi connectivity index (χ3v) is 3.93. The van der Waals surface area contributed by atoms with Crippen molar-refractivity contribution in [3.05, 3.63) is 28.2 Å². The molecule has 0 saturated carbocycles. The highest BCUT2D eigenvalue weighted by Gasteiger charge is 2.23. The van der Waals surface area contributed by atoms with E-state index in [0.29, 0.717) is 37.6 Å². The summed E-state index contributed by atoms with van der Waals surface area (Å²) in [4.78, 5) is 6.44. The first-order valence-electron chi connectivity index (χ1n) is 7.44. The van der Waals surface area contributed by atoms with Gasteiger partial charge in [0.25, 0.3) is 0 Å². The maximum atomic E-state index is 12.5. The molecule has 1 aliphatic rings. The van der Waals surface area contributed by atoms with E-state index in [9.17, 15) is 13.9 Å². The van der Waals surface area contributed by atoms with Crippen molar-refractivity contribution in [3.63, 3.8) is 0 Å². The number of halogens is 4. The smallest absolute Gasteiger partial charge is 0.387 e. The summed E-state index contributed by atoms with van der Waals surface area (Å²) in [7, 11) is 0. The number of benzene rings is 1. The molecule has 1 aromatic rings. The van der Waals surface area contributed by atoms with Crippen LogP contribution in [-0.4, -0.2) is 48.3 Å². The number of nitrogens with one attached hydrogen (secondary N) is 1. The summed E-state index contributed by atoms with van der Waals surface area (Å²) < 4.78 is 30.3. The van der Waals surface area contributed by atoms with Crippen LogP contribution in [0.2, 0.25) is 0 Å². The number of aliphatic hydroxyl groups excluding tert-OH is 1. The maximum absolute atomic E-state index is 12.5. The average molecular weight is 520 g/mol. The molecule has 0 spiro atoms. The molecular formula is C15H21BrF2IN3O2. The standard InChI is InChI=1S/C15H20BrF2N3O2.HI/c1-2-19-15(21-6-5-12(22)9-21)20-8-10-7-11(16)3-4-13(10)23-14(17)18;/h3-4,7,12,14,22H,2,5-6,8-9H2,1H3,(H,19,20);1H/t12-;/m1./s1. The normalized spacial score (nSPS) is 17.8. The van der Waals surface area contributed by atoms with Gasteiger partial charge in [-0.15, -0.1) is 24.0 Å². The number of aliphatic hydroxyl groups is 1. The molecule has 136 valence electrons. The van der Waals surface area contributed by atoms with Crippen LogP contribution in [-0.2, 0) is 6.54 Å². The van der Waals surface area contributed by atoms with Gasteiger partial charge in [0.2, 0.25) is 0 Å². The second kappa shape index (κ2) is 10.3. The molecule has 1 fully saturated rings. The Labute approximate surface area is 165 Å². The lowest BCUT2D eigenvalue weighted by Gasteiger charge is -2.21. The Balaban J connectivity index is 0.00000288. The van der Waals surface area contributed by atoms with Crippen molar-refractivity contribution in [3.8, 4) is 5.75 Å². The number of aliphatic imine (C=N–C) groups is 1. The predicted octanol–water partition coefficient (Wildman–Crippen LogP) is 3.20. The van der Waals surface area contributed by atoms with Crippen LogP contribution >= 0.6 is 39.9 Å². The Hall–Kier alpha value is -0.680. The first kappa shape index (κ1) is 21.4. The SMILES string of the molecule is CCNC(=NCc1cc(Br)ccc1OC(F)F)N1CC[C@@H](O)C1.I. The van der Waals surface area contributed by atoms with Crippen LogP contribution in [0.1, 0.15) is 18.9 Å². The summed E-state index contributed by atoms with van der Waals surface area (Å²) in [6.45, 7) is 1.20. The molecule has 24 heavy (non-hydrogen) atoms. The molecule has 5 nitrogen and oxygen atoms in total. The quantitative estimate of drug-likeness (QED) is 0.356. The molecule has 0 aliphatic carbocycles. The lowest BCUT2D eigenvalue weighted by molar-refractivity contribution is -0.0504. The minimum Gasteiger partial charge on any atom is -0.434 e. The zero-order chi connectivity index (χ0) is 16.8. The van der Waals surface area contributed by atoms with Gasteiger partial charge in [-0.1, -0.05) is 15.9 Å². The van der Waals surface area contributed by atoms with Crippen LogP contribution in [0.4, 0.5) is 8.78 Å². The van der Waals surface area contributed by atoms with E-state index in [1.54, 1.807) is 12.1 Å². The molecule has 1 saturated heterocycles. The van der Waals surface area contributed by atoms with E-state index in [1.807, 2.05) is 11.8 Å². The van der Waals surface area contributed by atoms with Crippen LogP contribution in [0.5, 0.6) is 5.75 Å². The molecule has 1 aliphatic heterocycles. The second-order valence-electron chi connectivity index (χ2n) is 5.19. The van der Waals surface area contributed by atoms with E-state index in [-0.39, 0.29) is 42.4 Å². The lowest BCUT2D eigenvalue weighted by atomic mass is 10.2. The number of hydrogen-bond acceptors (Lipinski definition) is 3. The Kier molecular flexibility index (Phi) is 9.21. The third-order valence-electron chi connectivity index (χ3n) is 3.44. The van der Waals surface area contributed by atoms with Crippen LogP contribution in [0, 0.1) is 0 Å². The maximum Gasteiger partial charge on any atom is 0.387 e. The number of likely N-dealkylation sites (tertiary alicyclic amines) is 1. The number of alkyl halides is 2. The van der Waals surface area contributed by atoms with Gasteiger partial charge in [0, 0.05) is 29.7 Å². The Morgan fingerprint density at radius 2 is 2.29 bits per heavy atom. The Morgan fingerprint density at radius 3 is 2.88 bits per heavy atom. The Bertz CT molecular complexity index is 564. The van der Waals surface area contributed by atoms with Gasteiger partial charge in [0.15, 0.2) is 5.96 Å². The van der Waals surface area contributed by atoms with E-state index in [0.717, 1.165) is 4.47 Å². The van der Waals surface area contributed by atoms with Crippen molar-refractivity contribution in [2.75, 3.05) is 19.6 Å². The van der Waals surface area contributed by atoms with Gasteiger partial charge >= 0.3 is 6.61 Å². The van der Waals surface area contributed by atoms with E-state index in [2.05, 4.69) is 31.0 Å². The fourth-order valence-corrected chi connectivity index (χ4v) is 2.81. The summed E-state index contributed by atoms with van der Waals surface area (Å²) in [6.07, 6.45) is 0.337. The highest BCUT2D eigenvalue weighted by Crippen LogP contribution is 2.25. The van der Waals surface area contributed by atoms with Crippen LogP contribution in [0.25, 0.3) is 0 Å². The summed E-state index contributed by atoms with van der Waals surface area (Å²) in [5.41, 5.74) is 0.565. The molecular weight excluding hydrogens is 499 g/mol. The lowest BCUT2D eigenvalue weighted by Crippen LogP contribution is -2.40. The number of rotatable bonds is 5. The van der Waals surface area contributed by atoms with Crippen molar-refractivity contribution < 1.29 is 18.6 Å². The summed E-state index contributed by atoms with van der Waals surface area (Å²) in [6, 6.07) is 4.85. The number of β-amino-alcohol motifs (C(OH)–C–C–N with tert-alkyl or cyclic N) is 1. The van der Waals surface area contributed by atoms with Crippen molar-refractivity contribution in [2.45, 2.75) is 32.6 Å². The van der Waals surface area contributed by atoms with Gasteiger partial charge in [-0.2, -0.15) is 8.78 Å². The average Bonchev–Trinajstić information content (AvgIpc) is 2.92. The van der Waals surface area contributed by atoms with Crippen molar-refractivity contribution in [2.24, 2.45) is 4.99 Å². The van der Waals surface area contributed by atoms with Gasteiger partial charge in [-0.05, 0) is 31.5 Å². The van der Waals surface area contributed by atoms with E-state index in [4.69, 9.17) is 0 Å². The monoisotopic (exact) mass is 519 g/mol. The second-order valence-corrected chi connectivity index (χ2v) is 6.10. The van der Waals surface area contributed by atoms with Crippen molar-refractivity contribution in [1.29, 1.82) is 0 Å². The van der Waals surface area contributed by atoms with E-state index >= 15 is 0 Å². The number of nitrogens with zero attached hydrogens (tertiary/aromatic N) is 2. The van der Waals surface area contributed by atoms with Gasteiger partial charge in [-0.25, -0.2) is 4.99 Å². The highest BCUT2D eigenvalue weighted by atomic mass is 127. The molecule has 9 heteroatoms. The van der Waals surface area contributed by atoms with Crippen LogP contribution in [0.15, 0.2) is 27.7 Å². The van der Waals surface area contributed by atoms with Crippen LogP contribution in [0.3, 0.4) is 0 Å². The minimum absolute atomic E-state index is 0. The molecule has 0 aromatic heterocycles. The molecule has 0 amide bonds. The summed E-state index contributed by atoms with van der Waals surface area (Å²) in [5, 5.41) is 12.8. The van der Waals surface area contributed by atoms with Gasteiger partial charge in [0.05, 0.1) is 12.6 Å². The van der Waals surface area contributed by atoms with Gasteiger partial charge < -0.3 is 20.1 Å². The molecule has 0 unspecified atom stereocenters. The molecule has 0 bridgehead atoms. The van der Waals surface area contributed by atoms with Crippen molar-refractivity contribution >= 4 is 45.9 Å². The zero-order valence-corrected chi connectivity index (χ0v) is 17.1. The number of guanidine groups is 1. The topological polar surface area (TPSA) is 57.1 Å². The van der Waals surface area contributed by atoms with Crippen LogP contribution < -0.4 is 10.1 Å². The van der Waals surface area contributed by atoms with Crippen molar-refractivity contribution in [1.82, 2.24) is 10.2 Å². The fourth-order valence-electron chi connectivity index (χ4n) is 2.40. The zero-order valence-electron chi connectivity index (χ0n) is 13.2. The Morgan fingerprint density at radius 1 is 1.54 bits per heavy atom. The highest BCUT2D eigenvalue weighted by molar-refractivity contribution is 14.0. The predicted molar refractivity (Wildman–Crippen MR) is 103 cm³/mol. The minimum atomic E-state index is -2.87. The van der Waals surface area contributed by atoms with E-state index in [1.165, 1.54) is 6.07 Å². The molecule has 1 atom stereocenters. The molecule has 0 radical (unpaired) electrons. The fraction of sp³-hybridized carbons (Fsp3) is 0.533. The largest absolute Gasteiger partial charge is 0.434 e. The van der Waals surface area contributed by atoms with E-state index < -0.39 is 6.61 Å². The number of ether oxygens (including phenoxy) is 1. The van der Waals surface area contributed by atoms with Gasteiger partial charge in [0.1, 0.15) is 5.75 Å². The molecule has 1 aromatic carbocycles. The third kappa shape index (κ3) is 6.32. The summed E-state index contributed by atoms with van der Waals surface area (Å²) >= 11 is 3.32. The van der Waals surface area contributed by atoms with Gasteiger partial charge in [-0.3, -0.25) is 0 Å². The summed E-state index contributed by atoms with van der Waals surface area (Å²) in [5.74, 6) is 0.774. The first-order chi connectivity index (χ1) is 11.0. The molecule has 2 N–H and O–H groups in total.